The highest BCUT2D eigenvalue weighted by Crippen LogP contribution is 2.35. The van der Waals surface area contributed by atoms with Crippen molar-refractivity contribution in [2.45, 2.75) is 25.3 Å². The lowest BCUT2D eigenvalue weighted by molar-refractivity contribution is -0.0425. The zero-order valence-electron chi connectivity index (χ0n) is 7.89. The van der Waals surface area contributed by atoms with Gasteiger partial charge in [-0.25, -0.2) is 0 Å². The molecule has 0 radical (unpaired) electrons. The van der Waals surface area contributed by atoms with Crippen LogP contribution in [0.15, 0.2) is 18.2 Å². The predicted octanol–water partition coefficient (Wildman–Crippen LogP) is 3.17. The molecule has 0 aliphatic rings. The lowest BCUT2D eigenvalue weighted by atomic mass is 10.0. The Morgan fingerprint density at radius 1 is 1.21 bits per heavy atom. The van der Waals surface area contributed by atoms with Crippen LogP contribution in [0.1, 0.15) is 22.8 Å². The monoisotopic (exact) mass is 220 g/mol. The summed E-state index contributed by atoms with van der Waals surface area (Å²) in [6, 6.07) is 4.82. The molecule has 0 aliphatic carbocycles. The number of aliphatic hydroxyl groups excluding tert-OH is 1. The molecule has 1 aromatic rings. The Kier molecular flexibility index (Phi) is 3.12. The van der Waals surface area contributed by atoms with Crippen molar-refractivity contribution in [1.29, 1.82) is 0 Å². The van der Waals surface area contributed by atoms with E-state index >= 15 is 0 Å². The van der Waals surface area contributed by atoms with Crippen molar-refractivity contribution >= 4 is 11.6 Å². The SMILES string of the molecule is Cc1cc(C)cc(C(O)C(F)(F)Cl)c1. The summed E-state index contributed by atoms with van der Waals surface area (Å²) in [7, 11) is 0. The summed E-state index contributed by atoms with van der Waals surface area (Å²) in [4.78, 5) is 0. The molecule has 0 saturated heterocycles. The lowest BCUT2D eigenvalue weighted by Crippen LogP contribution is -2.19. The van der Waals surface area contributed by atoms with Gasteiger partial charge in [0.2, 0.25) is 0 Å². The molecule has 1 N–H and O–H groups in total. The van der Waals surface area contributed by atoms with E-state index in [4.69, 9.17) is 11.6 Å². The minimum Gasteiger partial charge on any atom is -0.381 e. The van der Waals surface area contributed by atoms with Gasteiger partial charge in [-0.2, -0.15) is 8.78 Å². The molecule has 1 nitrogen and oxygen atoms in total. The van der Waals surface area contributed by atoms with Crippen LogP contribution in [0.25, 0.3) is 0 Å². The fraction of sp³-hybridized carbons (Fsp3) is 0.400. The third kappa shape index (κ3) is 2.66. The molecule has 14 heavy (non-hydrogen) atoms. The van der Waals surface area contributed by atoms with Crippen molar-refractivity contribution < 1.29 is 13.9 Å². The van der Waals surface area contributed by atoms with Crippen molar-refractivity contribution in [2.24, 2.45) is 0 Å². The first kappa shape index (κ1) is 11.4. The van der Waals surface area contributed by atoms with Gasteiger partial charge in [0.05, 0.1) is 0 Å². The maximum absolute atomic E-state index is 12.6. The molecular weight excluding hydrogens is 210 g/mol. The minimum atomic E-state index is -3.62. The molecule has 0 amide bonds. The molecule has 0 saturated carbocycles. The molecule has 0 aliphatic heterocycles. The van der Waals surface area contributed by atoms with Gasteiger partial charge in [0, 0.05) is 0 Å². The summed E-state index contributed by atoms with van der Waals surface area (Å²) in [6.45, 7) is 3.55. The van der Waals surface area contributed by atoms with Crippen LogP contribution in [0.3, 0.4) is 0 Å². The maximum atomic E-state index is 12.6. The number of hydrogen-bond acceptors (Lipinski definition) is 1. The molecule has 0 bridgehead atoms. The summed E-state index contributed by atoms with van der Waals surface area (Å²) >= 11 is 4.74. The highest BCUT2D eigenvalue weighted by Gasteiger charge is 2.36. The molecule has 0 aromatic heterocycles. The van der Waals surface area contributed by atoms with Crippen molar-refractivity contribution in [3.63, 3.8) is 0 Å². The second-order valence-corrected chi connectivity index (χ2v) is 3.87. The topological polar surface area (TPSA) is 20.2 Å². The number of aryl methyl sites for hydroxylation is 2. The Morgan fingerprint density at radius 2 is 1.64 bits per heavy atom. The Balaban J connectivity index is 3.07. The summed E-state index contributed by atoms with van der Waals surface area (Å²) in [5.41, 5.74) is 1.78. The van der Waals surface area contributed by atoms with Crippen LogP contribution in [-0.2, 0) is 0 Å². The summed E-state index contributed by atoms with van der Waals surface area (Å²) < 4.78 is 25.2. The van der Waals surface area contributed by atoms with E-state index in [1.54, 1.807) is 13.8 Å². The first-order valence-corrected chi connectivity index (χ1v) is 4.51. The van der Waals surface area contributed by atoms with Gasteiger partial charge in [-0.3, -0.25) is 0 Å². The molecule has 1 aromatic carbocycles. The van der Waals surface area contributed by atoms with E-state index in [-0.39, 0.29) is 5.56 Å². The molecule has 1 atom stereocenters. The summed E-state index contributed by atoms with van der Waals surface area (Å²) in [6.07, 6.45) is -1.96. The standard InChI is InChI=1S/C10H11ClF2O/c1-6-3-7(2)5-8(4-6)9(14)10(11,12)13/h3-5,9,14H,1-2H3. The molecule has 0 fully saturated rings. The van der Waals surface area contributed by atoms with Gasteiger partial charge in [-0.1, -0.05) is 29.3 Å². The van der Waals surface area contributed by atoms with Gasteiger partial charge >= 0.3 is 5.38 Å². The lowest BCUT2D eigenvalue weighted by Gasteiger charge is -2.17. The minimum absolute atomic E-state index is 0.141. The largest absolute Gasteiger partial charge is 0.381 e. The Hall–Kier alpha value is -0.670. The number of hydrogen-bond donors (Lipinski definition) is 1. The third-order valence-electron chi connectivity index (χ3n) is 1.87. The smallest absolute Gasteiger partial charge is 0.351 e. The Labute approximate surface area is 86.3 Å². The average Bonchev–Trinajstić information content (AvgIpc) is 1.99. The van der Waals surface area contributed by atoms with E-state index in [1.165, 1.54) is 12.1 Å². The second kappa shape index (κ2) is 3.83. The molecule has 1 unspecified atom stereocenters. The van der Waals surface area contributed by atoms with Crippen molar-refractivity contribution in [1.82, 2.24) is 0 Å². The zero-order valence-corrected chi connectivity index (χ0v) is 8.65. The van der Waals surface area contributed by atoms with Crippen LogP contribution in [-0.4, -0.2) is 10.5 Å². The van der Waals surface area contributed by atoms with Gasteiger partial charge in [0.25, 0.3) is 0 Å². The van der Waals surface area contributed by atoms with E-state index < -0.39 is 11.5 Å². The molecular formula is C10H11ClF2O. The molecule has 1 rings (SSSR count). The van der Waals surface area contributed by atoms with Gasteiger partial charge in [-0.05, 0) is 31.0 Å². The Bertz CT molecular complexity index is 313. The van der Waals surface area contributed by atoms with Crippen molar-refractivity contribution in [3.05, 3.63) is 34.9 Å². The fourth-order valence-corrected chi connectivity index (χ4v) is 1.48. The van der Waals surface area contributed by atoms with Crippen LogP contribution in [0.2, 0.25) is 0 Å². The highest BCUT2D eigenvalue weighted by molar-refractivity contribution is 6.22. The number of aliphatic hydroxyl groups is 1. The quantitative estimate of drug-likeness (QED) is 0.759. The van der Waals surface area contributed by atoms with Crippen molar-refractivity contribution in [3.8, 4) is 0 Å². The molecule has 78 valence electrons. The van der Waals surface area contributed by atoms with E-state index in [1.807, 2.05) is 6.07 Å². The zero-order chi connectivity index (χ0) is 10.9. The van der Waals surface area contributed by atoms with E-state index in [9.17, 15) is 13.9 Å². The first-order valence-electron chi connectivity index (χ1n) is 4.13. The van der Waals surface area contributed by atoms with E-state index in [0.29, 0.717) is 0 Å². The van der Waals surface area contributed by atoms with Crippen LogP contribution in [0.4, 0.5) is 8.78 Å². The average molecular weight is 221 g/mol. The third-order valence-corrected chi connectivity index (χ3v) is 2.08. The van der Waals surface area contributed by atoms with Gasteiger partial charge < -0.3 is 5.11 Å². The number of alkyl halides is 3. The molecule has 0 heterocycles. The fourth-order valence-electron chi connectivity index (χ4n) is 1.36. The summed E-state index contributed by atoms with van der Waals surface area (Å²) in [5, 5.41) is 5.60. The first-order chi connectivity index (χ1) is 6.30. The van der Waals surface area contributed by atoms with Crippen LogP contribution in [0, 0.1) is 13.8 Å². The molecule has 4 heteroatoms. The van der Waals surface area contributed by atoms with Gasteiger partial charge in [-0.15, -0.1) is 0 Å². The van der Waals surface area contributed by atoms with E-state index in [0.717, 1.165) is 11.1 Å². The maximum Gasteiger partial charge on any atom is 0.351 e. The number of rotatable bonds is 2. The van der Waals surface area contributed by atoms with E-state index in [2.05, 4.69) is 0 Å². The van der Waals surface area contributed by atoms with Crippen LogP contribution in [0.5, 0.6) is 0 Å². The molecule has 0 spiro atoms. The van der Waals surface area contributed by atoms with Gasteiger partial charge in [0.1, 0.15) is 0 Å². The second-order valence-electron chi connectivity index (χ2n) is 3.37. The predicted molar refractivity (Wildman–Crippen MR) is 51.7 cm³/mol. The Morgan fingerprint density at radius 3 is 2.00 bits per heavy atom. The number of halogens is 3. The van der Waals surface area contributed by atoms with Gasteiger partial charge in [0.15, 0.2) is 6.10 Å². The van der Waals surface area contributed by atoms with Crippen LogP contribution >= 0.6 is 11.6 Å². The number of benzene rings is 1. The van der Waals surface area contributed by atoms with Crippen molar-refractivity contribution in [2.75, 3.05) is 0 Å². The summed E-state index contributed by atoms with van der Waals surface area (Å²) in [5.74, 6) is 0. The van der Waals surface area contributed by atoms with Crippen LogP contribution < -0.4 is 0 Å². The normalized spacial score (nSPS) is 14.1. The highest BCUT2D eigenvalue weighted by atomic mass is 35.5.